The van der Waals surface area contributed by atoms with E-state index in [-0.39, 0.29) is 24.4 Å². The number of nitrogens with zero attached hydrogens (tertiary/aromatic N) is 1. The van der Waals surface area contributed by atoms with Gasteiger partial charge in [0.25, 0.3) is 0 Å². The standard InChI is InChI=1S/C12H22N2O3/c1-2-14(8-5-11(16)17)10(15)9-12(13)6-3-4-7-12/h2-9,13H2,1H3,(H,16,17). The molecule has 0 aliphatic heterocycles. The molecule has 17 heavy (non-hydrogen) atoms. The fourth-order valence-corrected chi connectivity index (χ4v) is 2.36. The quantitative estimate of drug-likeness (QED) is 0.727. The molecule has 0 radical (unpaired) electrons. The average Bonchev–Trinajstić information content (AvgIpc) is 2.65. The maximum absolute atomic E-state index is 12.0. The van der Waals surface area contributed by atoms with Gasteiger partial charge in [-0.3, -0.25) is 9.59 Å². The van der Waals surface area contributed by atoms with E-state index in [2.05, 4.69) is 0 Å². The first-order valence-electron chi connectivity index (χ1n) is 6.25. The lowest BCUT2D eigenvalue weighted by atomic mass is 9.94. The van der Waals surface area contributed by atoms with E-state index in [1.807, 2.05) is 6.92 Å². The number of rotatable bonds is 6. The molecule has 0 spiro atoms. The summed E-state index contributed by atoms with van der Waals surface area (Å²) in [5.41, 5.74) is 5.79. The second-order valence-corrected chi connectivity index (χ2v) is 4.86. The predicted octanol–water partition coefficient (Wildman–Crippen LogP) is 0.971. The van der Waals surface area contributed by atoms with Gasteiger partial charge in [0.15, 0.2) is 0 Å². The number of nitrogens with two attached hydrogens (primary N) is 1. The van der Waals surface area contributed by atoms with Gasteiger partial charge in [0.1, 0.15) is 0 Å². The Hall–Kier alpha value is -1.10. The number of carboxylic acid groups (broad SMARTS) is 1. The molecule has 0 aromatic heterocycles. The van der Waals surface area contributed by atoms with E-state index in [1.165, 1.54) is 0 Å². The summed E-state index contributed by atoms with van der Waals surface area (Å²) in [5.74, 6) is -0.891. The van der Waals surface area contributed by atoms with Gasteiger partial charge in [-0.1, -0.05) is 12.8 Å². The average molecular weight is 242 g/mol. The summed E-state index contributed by atoms with van der Waals surface area (Å²) < 4.78 is 0. The molecule has 5 nitrogen and oxygen atoms in total. The van der Waals surface area contributed by atoms with Gasteiger partial charge in [-0.2, -0.15) is 0 Å². The summed E-state index contributed by atoms with van der Waals surface area (Å²) in [5, 5.41) is 8.61. The highest BCUT2D eigenvalue weighted by atomic mass is 16.4. The van der Waals surface area contributed by atoms with Gasteiger partial charge in [-0.15, -0.1) is 0 Å². The Kier molecular flexibility index (Phi) is 4.93. The van der Waals surface area contributed by atoms with Gasteiger partial charge in [-0.05, 0) is 19.8 Å². The van der Waals surface area contributed by atoms with E-state index in [0.29, 0.717) is 13.0 Å². The fraction of sp³-hybridized carbons (Fsp3) is 0.833. The monoisotopic (exact) mass is 242 g/mol. The zero-order chi connectivity index (χ0) is 12.9. The maximum Gasteiger partial charge on any atom is 0.305 e. The summed E-state index contributed by atoms with van der Waals surface area (Å²) in [4.78, 5) is 24.1. The minimum absolute atomic E-state index is 0.00283. The second-order valence-electron chi connectivity index (χ2n) is 4.86. The Labute approximate surface area is 102 Å². The Balaban J connectivity index is 2.45. The fourth-order valence-electron chi connectivity index (χ4n) is 2.36. The molecule has 0 unspecified atom stereocenters. The summed E-state index contributed by atoms with van der Waals surface area (Å²) >= 11 is 0. The molecule has 0 saturated heterocycles. The van der Waals surface area contributed by atoms with Crippen LogP contribution < -0.4 is 5.73 Å². The summed E-state index contributed by atoms with van der Waals surface area (Å²) in [6.45, 7) is 2.68. The van der Waals surface area contributed by atoms with Crippen molar-refractivity contribution >= 4 is 11.9 Å². The minimum Gasteiger partial charge on any atom is -0.481 e. The molecular formula is C12H22N2O3. The molecule has 1 rings (SSSR count). The summed E-state index contributed by atoms with van der Waals surface area (Å²) in [6.07, 6.45) is 4.32. The Morgan fingerprint density at radius 2 is 1.94 bits per heavy atom. The van der Waals surface area contributed by atoms with Crippen LogP contribution in [0.3, 0.4) is 0 Å². The van der Waals surface area contributed by atoms with Crippen LogP contribution >= 0.6 is 0 Å². The SMILES string of the molecule is CCN(CCC(=O)O)C(=O)CC1(N)CCCC1. The summed E-state index contributed by atoms with van der Waals surface area (Å²) in [7, 11) is 0. The van der Waals surface area contributed by atoms with Crippen LogP contribution in [-0.2, 0) is 9.59 Å². The third-order valence-corrected chi connectivity index (χ3v) is 3.43. The van der Waals surface area contributed by atoms with Crippen LogP contribution in [0.15, 0.2) is 0 Å². The molecule has 0 aromatic carbocycles. The van der Waals surface area contributed by atoms with E-state index in [9.17, 15) is 9.59 Å². The summed E-state index contributed by atoms with van der Waals surface area (Å²) in [6, 6.07) is 0. The minimum atomic E-state index is -0.875. The highest BCUT2D eigenvalue weighted by molar-refractivity contribution is 5.78. The molecule has 0 bridgehead atoms. The number of hydrogen-bond donors (Lipinski definition) is 2. The van der Waals surface area contributed by atoms with Crippen molar-refractivity contribution in [1.82, 2.24) is 4.90 Å². The number of carbonyl (C=O) groups is 2. The van der Waals surface area contributed by atoms with E-state index in [4.69, 9.17) is 10.8 Å². The van der Waals surface area contributed by atoms with Crippen LogP contribution in [0.1, 0.15) is 45.4 Å². The van der Waals surface area contributed by atoms with Crippen molar-refractivity contribution in [3.05, 3.63) is 0 Å². The third-order valence-electron chi connectivity index (χ3n) is 3.43. The highest BCUT2D eigenvalue weighted by Gasteiger charge is 2.33. The van der Waals surface area contributed by atoms with Crippen molar-refractivity contribution in [3.8, 4) is 0 Å². The molecule has 98 valence electrons. The number of carbonyl (C=O) groups excluding carboxylic acids is 1. The van der Waals surface area contributed by atoms with Gasteiger partial charge in [0.2, 0.25) is 5.91 Å². The molecule has 1 aliphatic rings. The lowest BCUT2D eigenvalue weighted by Gasteiger charge is -2.27. The van der Waals surface area contributed by atoms with Crippen LogP contribution in [0.5, 0.6) is 0 Å². The number of hydrogen-bond acceptors (Lipinski definition) is 3. The molecule has 0 aromatic rings. The van der Waals surface area contributed by atoms with Crippen LogP contribution in [0.25, 0.3) is 0 Å². The van der Waals surface area contributed by atoms with Gasteiger partial charge < -0.3 is 15.7 Å². The van der Waals surface area contributed by atoms with Gasteiger partial charge >= 0.3 is 5.97 Å². The first kappa shape index (κ1) is 14.0. The number of amides is 1. The Bertz CT molecular complexity index is 285. The normalized spacial score (nSPS) is 18.0. The van der Waals surface area contributed by atoms with Crippen LogP contribution in [-0.4, -0.2) is 40.5 Å². The maximum atomic E-state index is 12.0. The first-order valence-corrected chi connectivity index (χ1v) is 6.25. The molecule has 0 heterocycles. The zero-order valence-corrected chi connectivity index (χ0v) is 10.4. The van der Waals surface area contributed by atoms with Gasteiger partial charge in [-0.25, -0.2) is 0 Å². The largest absolute Gasteiger partial charge is 0.481 e. The van der Waals surface area contributed by atoms with Crippen LogP contribution in [0.2, 0.25) is 0 Å². The van der Waals surface area contributed by atoms with Crippen molar-refractivity contribution in [2.24, 2.45) is 5.73 Å². The van der Waals surface area contributed by atoms with Crippen molar-refractivity contribution in [2.75, 3.05) is 13.1 Å². The molecule has 0 atom stereocenters. The molecule has 1 amide bonds. The lowest BCUT2D eigenvalue weighted by molar-refractivity contribution is -0.138. The molecule has 1 saturated carbocycles. The van der Waals surface area contributed by atoms with E-state index < -0.39 is 5.97 Å². The Morgan fingerprint density at radius 3 is 2.41 bits per heavy atom. The van der Waals surface area contributed by atoms with Crippen molar-refractivity contribution in [2.45, 2.75) is 51.0 Å². The third kappa shape index (κ3) is 4.34. The topological polar surface area (TPSA) is 83.6 Å². The van der Waals surface area contributed by atoms with E-state index in [1.54, 1.807) is 4.90 Å². The van der Waals surface area contributed by atoms with Crippen LogP contribution in [0, 0.1) is 0 Å². The molecule has 1 aliphatic carbocycles. The molecule has 5 heteroatoms. The molecular weight excluding hydrogens is 220 g/mol. The Morgan fingerprint density at radius 1 is 1.35 bits per heavy atom. The predicted molar refractivity (Wildman–Crippen MR) is 64.5 cm³/mol. The van der Waals surface area contributed by atoms with Crippen molar-refractivity contribution < 1.29 is 14.7 Å². The van der Waals surface area contributed by atoms with E-state index in [0.717, 1.165) is 25.7 Å². The van der Waals surface area contributed by atoms with E-state index >= 15 is 0 Å². The van der Waals surface area contributed by atoms with Crippen molar-refractivity contribution in [3.63, 3.8) is 0 Å². The molecule has 1 fully saturated rings. The number of aliphatic carboxylic acids is 1. The van der Waals surface area contributed by atoms with Crippen molar-refractivity contribution in [1.29, 1.82) is 0 Å². The smallest absolute Gasteiger partial charge is 0.305 e. The zero-order valence-electron chi connectivity index (χ0n) is 10.4. The van der Waals surface area contributed by atoms with Gasteiger partial charge in [0.05, 0.1) is 6.42 Å². The second kappa shape index (κ2) is 6.00. The first-order chi connectivity index (χ1) is 7.97. The van der Waals surface area contributed by atoms with Gasteiger partial charge in [0, 0.05) is 25.0 Å². The lowest BCUT2D eigenvalue weighted by Crippen LogP contribution is -2.44. The number of carboxylic acids is 1. The highest BCUT2D eigenvalue weighted by Crippen LogP contribution is 2.30. The van der Waals surface area contributed by atoms with Crippen LogP contribution in [0.4, 0.5) is 0 Å². The molecule has 3 N–H and O–H groups in total.